The third kappa shape index (κ3) is 1.94. The molecule has 0 saturated carbocycles. The Morgan fingerprint density at radius 3 is 3.00 bits per heavy atom. The van der Waals surface area contributed by atoms with Crippen LogP contribution in [0.5, 0.6) is 0 Å². The van der Waals surface area contributed by atoms with E-state index in [1.165, 1.54) is 4.31 Å². The summed E-state index contributed by atoms with van der Waals surface area (Å²) in [5.41, 5.74) is 6.85. The number of aromatic nitrogens is 4. The molecule has 3 rings (SSSR count). The van der Waals surface area contributed by atoms with Gasteiger partial charge in [0.15, 0.2) is 5.03 Å². The molecule has 0 fully saturated rings. The van der Waals surface area contributed by atoms with Crippen LogP contribution in [0.2, 0.25) is 0 Å². The molecule has 2 aromatic rings. The van der Waals surface area contributed by atoms with E-state index in [0.29, 0.717) is 24.3 Å². The number of hydrogen-bond acceptors (Lipinski definition) is 5. The van der Waals surface area contributed by atoms with Gasteiger partial charge in [-0.3, -0.25) is 5.10 Å². The Balaban J connectivity index is 1.97. The number of nitrogens with one attached hydrogen (secondary N) is 1. The van der Waals surface area contributed by atoms with Crippen LogP contribution in [-0.4, -0.2) is 39.0 Å². The van der Waals surface area contributed by atoms with Crippen molar-refractivity contribution >= 4 is 10.0 Å². The van der Waals surface area contributed by atoms with Gasteiger partial charge < -0.3 is 10.3 Å². The SMILES string of the molecule is Cc1[nH]nc(S(=O)(=O)N2CCn3ccnc3C2)c1CN. The highest BCUT2D eigenvalue weighted by atomic mass is 32.2. The zero-order valence-electron chi connectivity index (χ0n) is 11.1. The van der Waals surface area contributed by atoms with Crippen LogP contribution in [0.25, 0.3) is 0 Å². The van der Waals surface area contributed by atoms with Crippen molar-refractivity contribution in [2.45, 2.75) is 31.6 Å². The van der Waals surface area contributed by atoms with Gasteiger partial charge >= 0.3 is 0 Å². The van der Waals surface area contributed by atoms with Crippen LogP contribution in [0.4, 0.5) is 0 Å². The molecule has 0 radical (unpaired) electrons. The number of nitrogens with two attached hydrogens (primary N) is 1. The molecule has 2 aromatic heterocycles. The lowest BCUT2D eigenvalue weighted by molar-refractivity contribution is 0.334. The van der Waals surface area contributed by atoms with Crippen molar-refractivity contribution in [1.82, 2.24) is 24.1 Å². The molecule has 1 aliphatic heterocycles. The van der Waals surface area contributed by atoms with Crippen molar-refractivity contribution in [1.29, 1.82) is 0 Å². The molecule has 108 valence electrons. The summed E-state index contributed by atoms with van der Waals surface area (Å²) in [5, 5.41) is 6.63. The van der Waals surface area contributed by atoms with E-state index in [0.717, 1.165) is 5.82 Å². The number of imidazole rings is 1. The fourth-order valence-electron chi connectivity index (χ4n) is 2.36. The second kappa shape index (κ2) is 4.69. The maximum absolute atomic E-state index is 12.7. The third-order valence-electron chi connectivity index (χ3n) is 3.53. The molecule has 20 heavy (non-hydrogen) atoms. The zero-order valence-corrected chi connectivity index (χ0v) is 11.9. The van der Waals surface area contributed by atoms with Crippen molar-refractivity contribution in [3.63, 3.8) is 0 Å². The average Bonchev–Trinajstić information content (AvgIpc) is 3.03. The van der Waals surface area contributed by atoms with Gasteiger partial charge in [0, 0.05) is 43.3 Å². The molecule has 0 saturated heterocycles. The minimum absolute atomic E-state index is 0.0255. The molecule has 1 aliphatic rings. The summed E-state index contributed by atoms with van der Waals surface area (Å²) in [4.78, 5) is 4.17. The van der Waals surface area contributed by atoms with E-state index in [2.05, 4.69) is 15.2 Å². The first-order chi connectivity index (χ1) is 9.54. The van der Waals surface area contributed by atoms with E-state index in [1.54, 1.807) is 13.1 Å². The van der Waals surface area contributed by atoms with Gasteiger partial charge in [-0.2, -0.15) is 9.40 Å². The van der Waals surface area contributed by atoms with E-state index >= 15 is 0 Å². The van der Waals surface area contributed by atoms with Crippen LogP contribution in [-0.2, 0) is 29.7 Å². The third-order valence-corrected chi connectivity index (χ3v) is 5.35. The van der Waals surface area contributed by atoms with Crippen LogP contribution >= 0.6 is 0 Å². The molecule has 0 bridgehead atoms. The lowest BCUT2D eigenvalue weighted by atomic mass is 10.3. The standard InChI is InChI=1S/C11H16N6O2S/c1-8-9(6-12)11(15-14-8)20(18,19)17-5-4-16-3-2-13-10(16)7-17/h2-3H,4-7,12H2,1H3,(H,14,15). The van der Waals surface area contributed by atoms with Crippen molar-refractivity contribution in [3.05, 3.63) is 29.5 Å². The Labute approximate surface area is 116 Å². The van der Waals surface area contributed by atoms with Crippen molar-refractivity contribution < 1.29 is 8.42 Å². The molecule has 0 atom stereocenters. The molecule has 3 heterocycles. The Kier molecular flexibility index (Phi) is 3.11. The Bertz CT molecular complexity index is 732. The molecule has 0 aromatic carbocycles. The fourth-order valence-corrected chi connectivity index (χ4v) is 3.92. The smallest absolute Gasteiger partial charge is 0.263 e. The predicted octanol–water partition coefficient (Wildman–Crippen LogP) is -0.422. The van der Waals surface area contributed by atoms with Crippen molar-refractivity contribution in [2.24, 2.45) is 5.73 Å². The van der Waals surface area contributed by atoms with E-state index in [4.69, 9.17) is 5.73 Å². The highest BCUT2D eigenvalue weighted by Gasteiger charge is 2.32. The second-order valence-corrected chi connectivity index (χ2v) is 6.57. The highest BCUT2D eigenvalue weighted by molar-refractivity contribution is 7.89. The first-order valence-corrected chi connectivity index (χ1v) is 7.72. The van der Waals surface area contributed by atoms with Gasteiger partial charge in [-0.05, 0) is 6.92 Å². The molecule has 0 amide bonds. The van der Waals surface area contributed by atoms with Crippen LogP contribution in [0.1, 0.15) is 17.1 Å². The molecule has 0 aliphatic carbocycles. The summed E-state index contributed by atoms with van der Waals surface area (Å²) in [6.07, 6.45) is 3.53. The topological polar surface area (TPSA) is 110 Å². The van der Waals surface area contributed by atoms with Gasteiger partial charge in [-0.25, -0.2) is 13.4 Å². The van der Waals surface area contributed by atoms with Crippen LogP contribution in [0.3, 0.4) is 0 Å². The summed E-state index contributed by atoms with van der Waals surface area (Å²) in [6.45, 7) is 3.15. The molecule has 3 N–H and O–H groups in total. The van der Waals surface area contributed by atoms with Gasteiger partial charge in [0.05, 0.1) is 6.54 Å². The van der Waals surface area contributed by atoms with Gasteiger partial charge in [-0.15, -0.1) is 0 Å². The summed E-state index contributed by atoms with van der Waals surface area (Å²) in [6, 6.07) is 0. The quantitative estimate of drug-likeness (QED) is 0.799. The zero-order chi connectivity index (χ0) is 14.3. The van der Waals surface area contributed by atoms with Gasteiger partial charge in [0.25, 0.3) is 10.0 Å². The van der Waals surface area contributed by atoms with Gasteiger partial charge in [0.1, 0.15) is 5.82 Å². The molecular weight excluding hydrogens is 280 g/mol. The van der Waals surface area contributed by atoms with E-state index in [-0.39, 0.29) is 18.1 Å². The lowest BCUT2D eigenvalue weighted by Gasteiger charge is -2.26. The number of hydrogen-bond donors (Lipinski definition) is 2. The summed E-state index contributed by atoms with van der Waals surface area (Å²) in [7, 11) is -3.65. The summed E-state index contributed by atoms with van der Waals surface area (Å²) >= 11 is 0. The lowest BCUT2D eigenvalue weighted by Crippen LogP contribution is -2.38. The molecular formula is C11H16N6O2S. The van der Waals surface area contributed by atoms with Crippen molar-refractivity contribution in [3.8, 4) is 0 Å². The minimum atomic E-state index is -3.65. The molecule has 9 heteroatoms. The van der Waals surface area contributed by atoms with Crippen LogP contribution in [0.15, 0.2) is 17.4 Å². The van der Waals surface area contributed by atoms with E-state index in [9.17, 15) is 8.42 Å². The normalized spacial score (nSPS) is 16.3. The fraction of sp³-hybridized carbons (Fsp3) is 0.455. The second-order valence-electron chi connectivity index (χ2n) is 4.71. The van der Waals surface area contributed by atoms with Crippen LogP contribution < -0.4 is 5.73 Å². The predicted molar refractivity (Wildman–Crippen MR) is 71.0 cm³/mol. The van der Waals surface area contributed by atoms with E-state index < -0.39 is 10.0 Å². The first-order valence-electron chi connectivity index (χ1n) is 6.28. The van der Waals surface area contributed by atoms with Gasteiger partial charge in [0.2, 0.25) is 0 Å². The Morgan fingerprint density at radius 2 is 2.25 bits per heavy atom. The van der Waals surface area contributed by atoms with Crippen LogP contribution in [0, 0.1) is 6.92 Å². The molecule has 8 nitrogen and oxygen atoms in total. The van der Waals surface area contributed by atoms with Gasteiger partial charge in [-0.1, -0.05) is 0 Å². The maximum atomic E-state index is 12.7. The number of aromatic amines is 1. The summed E-state index contributed by atoms with van der Waals surface area (Å²) in [5.74, 6) is 0.737. The number of H-pyrrole nitrogens is 1. The molecule has 0 unspecified atom stereocenters. The van der Waals surface area contributed by atoms with E-state index in [1.807, 2.05) is 10.8 Å². The number of aryl methyl sites for hydroxylation is 1. The Morgan fingerprint density at radius 1 is 1.45 bits per heavy atom. The number of nitrogens with zero attached hydrogens (tertiary/aromatic N) is 4. The maximum Gasteiger partial charge on any atom is 0.263 e. The van der Waals surface area contributed by atoms with Crippen molar-refractivity contribution in [2.75, 3.05) is 6.54 Å². The number of fused-ring (bicyclic) bond motifs is 1. The first kappa shape index (κ1) is 13.3. The average molecular weight is 296 g/mol. The monoisotopic (exact) mass is 296 g/mol. The Hall–Kier alpha value is -1.71. The minimum Gasteiger partial charge on any atom is -0.333 e. The summed E-state index contributed by atoms with van der Waals surface area (Å²) < 4.78 is 28.7. The molecule has 0 spiro atoms. The number of sulfonamides is 1. The number of rotatable bonds is 3. The largest absolute Gasteiger partial charge is 0.333 e. The highest BCUT2D eigenvalue weighted by Crippen LogP contribution is 2.23.